The predicted octanol–water partition coefficient (Wildman–Crippen LogP) is 1.49. The molecule has 7 heteroatoms. The van der Waals surface area contributed by atoms with Crippen LogP contribution in [0.25, 0.3) is 0 Å². The van der Waals surface area contributed by atoms with Gasteiger partial charge in [0.05, 0.1) is 24.7 Å². The lowest BCUT2D eigenvalue weighted by Gasteiger charge is -2.43. The molecule has 150 valence electrons. The fourth-order valence-electron chi connectivity index (χ4n) is 4.76. The molecule has 1 amide bonds. The SMILES string of the molecule is N#Cc1cccnc1N1CCC(N2CCCC(C(=O)N3CCOCC3)C2)CC1. The van der Waals surface area contributed by atoms with Gasteiger partial charge < -0.3 is 14.5 Å². The number of amides is 1. The second-order valence-corrected chi connectivity index (χ2v) is 7.98. The first-order chi connectivity index (χ1) is 13.8. The van der Waals surface area contributed by atoms with E-state index in [-0.39, 0.29) is 5.92 Å². The standard InChI is InChI=1S/C21H29N5O2/c22-15-17-3-1-7-23-20(17)24-9-5-19(6-10-24)26-8-2-4-18(16-26)21(27)25-11-13-28-14-12-25/h1,3,7,18-19H,2,4-6,8-14,16H2. The number of rotatable bonds is 3. The smallest absolute Gasteiger partial charge is 0.227 e. The molecular weight excluding hydrogens is 354 g/mol. The number of pyridine rings is 1. The van der Waals surface area contributed by atoms with E-state index in [0.717, 1.165) is 70.8 Å². The van der Waals surface area contributed by atoms with Crippen molar-refractivity contribution in [2.75, 3.05) is 57.4 Å². The van der Waals surface area contributed by atoms with Crippen molar-refractivity contribution in [2.45, 2.75) is 31.7 Å². The summed E-state index contributed by atoms with van der Waals surface area (Å²) in [5.74, 6) is 1.26. The summed E-state index contributed by atoms with van der Waals surface area (Å²) in [6.07, 6.45) is 5.97. The Kier molecular flexibility index (Phi) is 6.08. The molecule has 4 rings (SSSR count). The Balaban J connectivity index is 1.33. The van der Waals surface area contributed by atoms with Gasteiger partial charge in [0.15, 0.2) is 0 Å². The highest BCUT2D eigenvalue weighted by molar-refractivity contribution is 5.79. The van der Waals surface area contributed by atoms with Crippen molar-refractivity contribution >= 4 is 11.7 Å². The highest BCUT2D eigenvalue weighted by Gasteiger charge is 2.34. The van der Waals surface area contributed by atoms with E-state index in [2.05, 4.69) is 20.9 Å². The lowest BCUT2D eigenvalue weighted by molar-refractivity contribution is -0.141. The minimum atomic E-state index is 0.130. The molecule has 0 aromatic carbocycles. The molecule has 0 radical (unpaired) electrons. The van der Waals surface area contributed by atoms with E-state index >= 15 is 0 Å². The molecule has 4 heterocycles. The number of piperidine rings is 2. The summed E-state index contributed by atoms with van der Waals surface area (Å²) in [6.45, 7) is 6.60. The number of nitriles is 1. The monoisotopic (exact) mass is 383 g/mol. The maximum Gasteiger partial charge on any atom is 0.227 e. The number of carbonyl (C=O) groups is 1. The van der Waals surface area contributed by atoms with Crippen LogP contribution in [0.1, 0.15) is 31.2 Å². The van der Waals surface area contributed by atoms with Crippen LogP contribution in [0.15, 0.2) is 18.3 Å². The number of carbonyl (C=O) groups excluding carboxylic acids is 1. The molecule has 1 aromatic rings. The van der Waals surface area contributed by atoms with Gasteiger partial charge in [-0.25, -0.2) is 4.98 Å². The van der Waals surface area contributed by atoms with Crippen molar-refractivity contribution in [3.63, 3.8) is 0 Å². The molecule has 3 aliphatic heterocycles. The molecule has 0 N–H and O–H groups in total. The molecule has 0 spiro atoms. The molecule has 3 fully saturated rings. The van der Waals surface area contributed by atoms with Gasteiger partial charge in [0.2, 0.25) is 5.91 Å². The highest BCUT2D eigenvalue weighted by Crippen LogP contribution is 2.27. The van der Waals surface area contributed by atoms with E-state index in [4.69, 9.17) is 4.74 Å². The Labute approximate surface area is 166 Å². The van der Waals surface area contributed by atoms with Crippen LogP contribution in [0, 0.1) is 17.2 Å². The van der Waals surface area contributed by atoms with E-state index in [1.54, 1.807) is 6.20 Å². The van der Waals surface area contributed by atoms with Crippen molar-refractivity contribution in [2.24, 2.45) is 5.92 Å². The van der Waals surface area contributed by atoms with Crippen LogP contribution < -0.4 is 4.90 Å². The second-order valence-electron chi connectivity index (χ2n) is 7.98. The van der Waals surface area contributed by atoms with Crippen molar-refractivity contribution in [1.29, 1.82) is 5.26 Å². The fourth-order valence-corrected chi connectivity index (χ4v) is 4.76. The molecule has 3 aliphatic rings. The summed E-state index contributed by atoms with van der Waals surface area (Å²) in [5, 5.41) is 9.32. The normalized spacial score (nSPS) is 24.8. The zero-order chi connectivity index (χ0) is 19.3. The van der Waals surface area contributed by atoms with Gasteiger partial charge in [-0.15, -0.1) is 0 Å². The molecule has 0 aliphatic carbocycles. The highest BCUT2D eigenvalue weighted by atomic mass is 16.5. The van der Waals surface area contributed by atoms with E-state index in [1.807, 2.05) is 17.0 Å². The van der Waals surface area contributed by atoms with Gasteiger partial charge in [0, 0.05) is 45.0 Å². The lowest BCUT2D eigenvalue weighted by Crippen LogP contribution is -2.52. The van der Waals surface area contributed by atoms with Crippen LogP contribution in [-0.2, 0) is 9.53 Å². The lowest BCUT2D eigenvalue weighted by atomic mass is 9.92. The number of morpholine rings is 1. The first kappa shape index (κ1) is 19.2. The van der Waals surface area contributed by atoms with Gasteiger partial charge in [-0.05, 0) is 44.4 Å². The van der Waals surface area contributed by atoms with Gasteiger partial charge in [0.1, 0.15) is 11.9 Å². The Hall–Kier alpha value is -2.17. The molecule has 1 atom stereocenters. The minimum Gasteiger partial charge on any atom is -0.378 e. The Morgan fingerprint density at radius 2 is 1.93 bits per heavy atom. The fraction of sp³-hybridized carbons (Fsp3) is 0.667. The van der Waals surface area contributed by atoms with Crippen LogP contribution in [-0.4, -0.2) is 79.2 Å². The number of ether oxygens (including phenoxy) is 1. The molecule has 1 aromatic heterocycles. The number of hydrogen-bond donors (Lipinski definition) is 0. The largest absolute Gasteiger partial charge is 0.378 e. The zero-order valence-corrected chi connectivity index (χ0v) is 16.4. The van der Waals surface area contributed by atoms with Crippen molar-refractivity contribution < 1.29 is 9.53 Å². The van der Waals surface area contributed by atoms with Gasteiger partial charge in [-0.3, -0.25) is 9.69 Å². The number of hydrogen-bond acceptors (Lipinski definition) is 6. The van der Waals surface area contributed by atoms with E-state index in [0.29, 0.717) is 30.7 Å². The summed E-state index contributed by atoms with van der Waals surface area (Å²) < 4.78 is 5.38. The minimum absolute atomic E-state index is 0.130. The Morgan fingerprint density at radius 3 is 2.68 bits per heavy atom. The Bertz CT molecular complexity index is 720. The van der Waals surface area contributed by atoms with Crippen molar-refractivity contribution in [3.8, 4) is 6.07 Å². The van der Waals surface area contributed by atoms with E-state index in [1.165, 1.54) is 0 Å². The molecule has 0 saturated carbocycles. The average molecular weight is 383 g/mol. The van der Waals surface area contributed by atoms with Gasteiger partial charge in [-0.1, -0.05) is 0 Å². The van der Waals surface area contributed by atoms with Gasteiger partial charge >= 0.3 is 0 Å². The summed E-state index contributed by atoms with van der Waals surface area (Å²) >= 11 is 0. The van der Waals surface area contributed by atoms with E-state index in [9.17, 15) is 10.1 Å². The van der Waals surface area contributed by atoms with Crippen LogP contribution in [0.2, 0.25) is 0 Å². The molecule has 28 heavy (non-hydrogen) atoms. The van der Waals surface area contributed by atoms with Gasteiger partial charge in [0.25, 0.3) is 0 Å². The first-order valence-electron chi connectivity index (χ1n) is 10.5. The summed E-state index contributed by atoms with van der Waals surface area (Å²) in [6, 6.07) is 6.42. The van der Waals surface area contributed by atoms with Crippen LogP contribution >= 0.6 is 0 Å². The molecular formula is C21H29N5O2. The first-order valence-corrected chi connectivity index (χ1v) is 10.5. The third-order valence-corrected chi connectivity index (χ3v) is 6.31. The van der Waals surface area contributed by atoms with Gasteiger partial charge in [-0.2, -0.15) is 5.26 Å². The van der Waals surface area contributed by atoms with E-state index < -0.39 is 0 Å². The molecule has 0 bridgehead atoms. The summed E-state index contributed by atoms with van der Waals surface area (Å²) in [5.41, 5.74) is 0.648. The maximum absolute atomic E-state index is 12.9. The summed E-state index contributed by atoms with van der Waals surface area (Å²) in [7, 11) is 0. The molecule has 1 unspecified atom stereocenters. The summed E-state index contributed by atoms with van der Waals surface area (Å²) in [4.78, 5) is 24.1. The Morgan fingerprint density at radius 1 is 1.14 bits per heavy atom. The maximum atomic E-state index is 12.9. The number of nitrogens with zero attached hydrogens (tertiary/aromatic N) is 5. The van der Waals surface area contributed by atoms with Crippen LogP contribution in [0.3, 0.4) is 0 Å². The van der Waals surface area contributed by atoms with Crippen LogP contribution in [0.4, 0.5) is 5.82 Å². The number of likely N-dealkylation sites (tertiary alicyclic amines) is 1. The molecule has 7 nitrogen and oxygen atoms in total. The topological polar surface area (TPSA) is 72.7 Å². The average Bonchev–Trinajstić information content (AvgIpc) is 2.79. The third kappa shape index (κ3) is 4.13. The predicted molar refractivity (Wildman–Crippen MR) is 106 cm³/mol. The van der Waals surface area contributed by atoms with Crippen molar-refractivity contribution in [1.82, 2.24) is 14.8 Å². The molecule has 3 saturated heterocycles. The second kappa shape index (κ2) is 8.89. The van der Waals surface area contributed by atoms with Crippen LogP contribution in [0.5, 0.6) is 0 Å². The zero-order valence-electron chi connectivity index (χ0n) is 16.4. The third-order valence-electron chi connectivity index (χ3n) is 6.31. The number of anilines is 1. The quantitative estimate of drug-likeness (QED) is 0.788. The van der Waals surface area contributed by atoms with Crippen molar-refractivity contribution in [3.05, 3.63) is 23.9 Å². The number of aromatic nitrogens is 1.